The van der Waals surface area contributed by atoms with Crippen LogP contribution in [0.3, 0.4) is 0 Å². The van der Waals surface area contributed by atoms with E-state index in [0.717, 1.165) is 9.87 Å². The zero-order valence-corrected chi connectivity index (χ0v) is 29.6. The second kappa shape index (κ2) is 16.7. The third-order valence-electron chi connectivity index (χ3n) is 7.85. The Bertz CT molecular complexity index is 1810. The van der Waals surface area contributed by atoms with E-state index in [-0.39, 0.29) is 41.2 Å². The van der Waals surface area contributed by atoms with Crippen LogP contribution in [0.4, 0.5) is 5.69 Å². The van der Waals surface area contributed by atoms with Gasteiger partial charge in [0.1, 0.15) is 12.6 Å². The number of hydrogen-bond acceptors (Lipinski definition) is 6. The summed E-state index contributed by atoms with van der Waals surface area (Å²) in [7, 11) is -1.53. The van der Waals surface area contributed by atoms with Crippen molar-refractivity contribution in [1.82, 2.24) is 10.2 Å². The number of ether oxygens (including phenoxy) is 2. The lowest BCUT2D eigenvalue weighted by molar-refractivity contribution is -0.140. The van der Waals surface area contributed by atoms with E-state index in [1.165, 1.54) is 49.5 Å². The third-order valence-corrected chi connectivity index (χ3v) is 10.1. The number of anilines is 1. The van der Waals surface area contributed by atoms with Gasteiger partial charge in [-0.1, -0.05) is 72.6 Å². The molecule has 2 amide bonds. The van der Waals surface area contributed by atoms with Crippen LogP contribution in [0.2, 0.25) is 10.0 Å². The number of nitrogens with one attached hydrogen (secondary N) is 1. The number of halogens is 2. The number of benzene rings is 4. The van der Waals surface area contributed by atoms with E-state index in [9.17, 15) is 18.0 Å². The first-order valence-corrected chi connectivity index (χ1v) is 17.5. The SMILES string of the molecule is CC[C@@H](C)NC(=O)[C@H](Cc1ccccc1)N(Cc1cccc(Cl)c1)C(=O)CN(c1ccc(Cl)cc1)S(=O)(=O)c1ccc(OC)c(OC)c1. The van der Waals surface area contributed by atoms with Gasteiger partial charge in [0.05, 0.1) is 24.8 Å². The highest BCUT2D eigenvalue weighted by molar-refractivity contribution is 7.92. The van der Waals surface area contributed by atoms with Crippen molar-refractivity contribution in [2.75, 3.05) is 25.1 Å². The van der Waals surface area contributed by atoms with E-state index in [1.807, 2.05) is 44.2 Å². The molecular formula is C36H39Cl2N3O6S. The lowest BCUT2D eigenvalue weighted by atomic mass is 10.0. The highest BCUT2D eigenvalue weighted by Crippen LogP contribution is 2.33. The predicted octanol–water partition coefficient (Wildman–Crippen LogP) is 6.76. The summed E-state index contributed by atoms with van der Waals surface area (Å²) in [4.78, 5) is 29.9. The molecule has 0 unspecified atom stereocenters. The molecule has 2 atom stereocenters. The minimum absolute atomic E-state index is 0.00428. The fraction of sp³-hybridized carbons (Fsp3) is 0.278. The van der Waals surface area contributed by atoms with Crippen molar-refractivity contribution in [3.8, 4) is 11.5 Å². The zero-order valence-electron chi connectivity index (χ0n) is 27.2. The van der Waals surface area contributed by atoms with Gasteiger partial charge in [0, 0.05) is 35.1 Å². The molecule has 0 aromatic heterocycles. The van der Waals surface area contributed by atoms with Gasteiger partial charge < -0.3 is 19.7 Å². The summed E-state index contributed by atoms with van der Waals surface area (Å²) in [6, 6.07) is 25.5. The fourth-order valence-electron chi connectivity index (χ4n) is 5.07. The van der Waals surface area contributed by atoms with Gasteiger partial charge in [0.15, 0.2) is 11.5 Å². The molecule has 12 heteroatoms. The molecule has 0 aliphatic rings. The Morgan fingerprint density at radius 2 is 1.48 bits per heavy atom. The Morgan fingerprint density at radius 1 is 0.812 bits per heavy atom. The minimum atomic E-state index is -4.37. The van der Waals surface area contributed by atoms with E-state index in [0.29, 0.717) is 27.8 Å². The van der Waals surface area contributed by atoms with Crippen molar-refractivity contribution in [2.24, 2.45) is 0 Å². The minimum Gasteiger partial charge on any atom is -0.493 e. The molecule has 48 heavy (non-hydrogen) atoms. The van der Waals surface area contributed by atoms with Gasteiger partial charge in [0.25, 0.3) is 10.0 Å². The average molecular weight is 713 g/mol. The number of hydrogen-bond donors (Lipinski definition) is 1. The van der Waals surface area contributed by atoms with E-state index in [4.69, 9.17) is 32.7 Å². The Balaban J connectivity index is 1.83. The van der Waals surface area contributed by atoms with Gasteiger partial charge in [-0.05, 0) is 73.0 Å². The molecule has 0 aliphatic heterocycles. The average Bonchev–Trinajstić information content (AvgIpc) is 3.09. The lowest BCUT2D eigenvalue weighted by Crippen LogP contribution is -2.54. The maximum Gasteiger partial charge on any atom is 0.264 e. The van der Waals surface area contributed by atoms with Gasteiger partial charge >= 0.3 is 0 Å². The summed E-state index contributed by atoms with van der Waals surface area (Å²) in [6.07, 6.45) is 0.874. The molecule has 9 nitrogen and oxygen atoms in total. The molecule has 0 saturated heterocycles. The summed E-state index contributed by atoms with van der Waals surface area (Å²) in [5, 5.41) is 3.87. The molecule has 4 aromatic carbocycles. The van der Waals surface area contributed by atoms with E-state index < -0.39 is 28.5 Å². The van der Waals surface area contributed by atoms with Crippen molar-refractivity contribution in [1.29, 1.82) is 0 Å². The molecule has 254 valence electrons. The van der Waals surface area contributed by atoms with Crippen LogP contribution in [-0.2, 0) is 32.6 Å². The number of carbonyl (C=O) groups excluding carboxylic acids is 2. The maximum absolute atomic E-state index is 14.6. The predicted molar refractivity (Wildman–Crippen MR) is 189 cm³/mol. The fourth-order valence-corrected chi connectivity index (χ4v) is 6.84. The number of rotatable bonds is 15. The first-order valence-electron chi connectivity index (χ1n) is 15.3. The molecule has 0 fully saturated rings. The standard InChI is InChI=1S/C36H39Cl2N3O6S/c1-5-25(2)39-36(43)32(21-26-10-7-6-8-11-26)40(23-27-12-9-13-29(38)20-27)35(42)24-41(30-16-14-28(37)15-17-30)48(44,45)31-18-19-33(46-3)34(22-31)47-4/h6-20,22,25,32H,5,21,23-24H2,1-4H3,(H,39,43)/t25-,32+/m1/s1. The normalized spacial score (nSPS) is 12.5. The smallest absolute Gasteiger partial charge is 0.264 e. The third kappa shape index (κ3) is 9.21. The summed E-state index contributed by atoms with van der Waals surface area (Å²) in [5.74, 6) is -0.416. The summed E-state index contributed by atoms with van der Waals surface area (Å²) < 4.78 is 40.4. The van der Waals surface area contributed by atoms with Crippen LogP contribution in [0.15, 0.2) is 102 Å². The molecule has 0 heterocycles. The maximum atomic E-state index is 14.6. The van der Waals surface area contributed by atoms with E-state index in [1.54, 1.807) is 36.4 Å². The quantitative estimate of drug-likeness (QED) is 0.146. The highest BCUT2D eigenvalue weighted by atomic mass is 35.5. The van der Waals surface area contributed by atoms with Crippen LogP contribution >= 0.6 is 23.2 Å². The number of nitrogens with zero attached hydrogens (tertiary/aromatic N) is 2. The molecule has 0 bridgehead atoms. The molecule has 4 aromatic rings. The van der Waals surface area contributed by atoms with Gasteiger partial charge in [-0.2, -0.15) is 0 Å². The van der Waals surface area contributed by atoms with Crippen molar-refractivity contribution in [2.45, 2.75) is 50.2 Å². The molecule has 0 aliphatic carbocycles. The van der Waals surface area contributed by atoms with Crippen LogP contribution in [0.25, 0.3) is 0 Å². The summed E-state index contributed by atoms with van der Waals surface area (Å²) in [6.45, 7) is 3.21. The summed E-state index contributed by atoms with van der Waals surface area (Å²) in [5.41, 5.74) is 1.71. The Kier molecular flexibility index (Phi) is 12.7. The zero-order chi connectivity index (χ0) is 34.8. The Labute approximate surface area is 292 Å². The molecule has 0 saturated carbocycles. The second-order valence-electron chi connectivity index (χ2n) is 11.2. The van der Waals surface area contributed by atoms with Gasteiger partial charge in [-0.3, -0.25) is 13.9 Å². The van der Waals surface area contributed by atoms with Crippen molar-refractivity contribution < 1.29 is 27.5 Å². The monoisotopic (exact) mass is 711 g/mol. The van der Waals surface area contributed by atoms with Crippen LogP contribution in [0, 0.1) is 0 Å². The van der Waals surface area contributed by atoms with Gasteiger partial charge in [-0.25, -0.2) is 8.42 Å². The number of sulfonamides is 1. The molecule has 4 rings (SSSR count). The van der Waals surface area contributed by atoms with E-state index in [2.05, 4.69) is 5.32 Å². The lowest BCUT2D eigenvalue weighted by Gasteiger charge is -2.34. The van der Waals surface area contributed by atoms with Crippen molar-refractivity contribution in [3.05, 3.63) is 118 Å². The molecule has 1 N–H and O–H groups in total. The first kappa shape index (κ1) is 36.6. The summed E-state index contributed by atoms with van der Waals surface area (Å²) >= 11 is 12.5. The topological polar surface area (TPSA) is 105 Å². The molecular weight excluding hydrogens is 673 g/mol. The number of carbonyl (C=O) groups is 2. The highest BCUT2D eigenvalue weighted by Gasteiger charge is 2.35. The van der Waals surface area contributed by atoms with Crippen molar-refractivity contribution in [3.63, 3.8) is 0 Å². The van der Waals surface area contributed by atoms with Crippen molar-refractivity contribution >= 4 is 50.7 Å². The Morgan fingerprint density at radius 3 is 2.10 bits per heavy atom. The van der Waals surface area contributed by atoms with Gasteiger partial charge in [-0.15, -0.1) is 0 Å². The number of methoxy groups -OCH3 is 2. The van der Waals surface area contributed by atoms with Gasteiger partial charge in [0.2, 0.25) is 11.8 Å². The molecule has 0 spiro atoms. The van der Waals surface area contributed by atoms with Crippen LogP contribution < -0.4 is 19.1 Å². The van der Waals surface area contributed by atoms with E-state index >= 15 is 0 Å². The van der Waals surface area contributed by atoms with Crippen LogP contribution in [-0.4, -0.2) is 58.0 Å². The van der Waals surface area contributed by atoms with Crippen LogP contribution in [0.1, 0.15) is 31.4 Å². The number of amides is 2. The largest absolute Gasteiger partial charge is 0.493 e. The second-order valence-corrected chi connectivity index (χ2v) is 13.9. The molecule has 0 radical (unpaired) electrons. The van der Waals surface area contributed by atoms with Crippen LogP contribution in [0.5, 0.6) is 11.5 Å². The Hall–Kier alpha value is -4.25. The first-order chi connectivity index (χ1) is 23.0.